The van der Waals surface area contributed by atoms with Crippen LogP contribution in [0.5, 0.6) is 0 Å². The Labute approximate surface area is 116 Å². The number of rotatable bonds is 7. The lowest BCUT2D eigenvalue weighted by atomic mass is 9.89. The van der Waals surface area contributed by atoms with Crippen molar-refractivity contribution in [3.8, 4) is 0 Å². The molecule has 0 saturated carbocycles. The lowest BCUT2D eigenvalue weighted by molar-refractivity contribution is -0.135. The van der Waals surface area contributed by atoms with E-state index in [0.717, 1.165) is 13.0 Å². The average Bonchev–Trinajstić information content (AvgIpc) is 2.37. The number of aliphatic hydroxyl groups is 1. The Hall–Kier alpha value is -0.650. The monoisotopic (exact) mass is 272 g/mol. The topological polar surface area (TPSA) is 61.8 Å². The maximum Gasteiger partial charge on any atom is 0.224 e. The third kappa shape index (κ3) is 6.36. The van der Waals surface area contributed by atoms with Gasteiger partial charge in [-0.05, 0) is 18.8 Å². The summed E-state index contributed by atoms with van der Waals surface area (Å²) >= 11 is 0. The van der Waals surface area contributed by atoms with Crippen molar-refractivity contribution in [2.45, 2.75) is 39.7 Å². The molecular weight excluding hydrogens is 244 g/mol. The molecule has 0 aromatic rings. The van der Waals surface area contributed by atoms with Crippen molar-refractivity contribution >= 4 is 5.91 Å². The molecule has 2 N–H and O–H groups in total. The first-order chi connectivity index (χ1) is 8.94. The number of amides is 1. The number of carbonyl (C=O) groups is 1. The summed E-state index contributed by atoms with van der Waals surface area (Å²) in [6, 6.07) is 0.160. The number of morpholine rings is 1. The van der Waals surface area contributed by atoms with Crippen molar-refractivity contribution in [1.82, 2.24) is 10.2 Å². The van der Waals surface area contributed by atoms with E-state index in [4.69, 9.17) is 9.84 Å². The van der Waals surface area contributed by atoms with Gasteiger partial charge >= 0.3 is 0 Å². The van der Waals surface area contributed by atoms with Crippen molar-refractivity contribution in [3.63, 3.8) is 0 Å². The fraction of sp³-hybridized carbons (Fsp3) is 0.929. The molecule has 0 aliphatic carbocycles. The summed E-state index contributed by atoms with van der Waals surface area (Å²) in [6.45, 7) is 10.0. The van der Waals surface area contributed by atoms with E-state index in [1.165, 1.54) is 0 Å². The maximum atomic E-state index is 12.0. The maximum absolute atomic E-state index is 12.0. The summed E-state index contributed by atoms with van der Waals surface area (Å²) in [5.41, 5.74) is 0.0605. The van der Waals surface area contributed by atoms with E-state index in [2.05, 4.69) is 19.2 Å². The van der Waals surface area contributed by atoms with Gasteiger partial charge in [0.05, 0.1) is 13.2 Å². The number of nitrogens with one attached hydrogen (secondary N) is 1. The van der Waals surface area contributed by atoms with Crippen LogP contribution in [0.2, 0.25) is 0 Å². The van der Waals surface area contributed by atoms with Gasteiger partial charge in [-0.15, -0.1) is 0 Å². The first-order valence-electron chi connectivity index (χ1n) is 7.14. The minimum absolute atomic E-state index is 0.0605. The van der Waals surface area contributed by atoms with E-state index in [1.807, 2.05) is 11.8 Å². The van der Waals surface area contributed by atoms with Crippen LogP contribution in [0.3, 0.4) is 0 Å². The summed E-state index contributed by atoms with van der Waals surface area (Å²) < 4.78 is 5.24. The highest BCUT2D eigenvalue weighted by Gasteiger charge is 2.21. The highest BCUT2D eigenvalue weighted by Crippen LogP contribution is 2.18. The van der Waals surface area contributed by atoms with Gasteiger partial charge in [0.2, 0.25) is 5.91 Å². The zero-order valence-electron chi connectivity index (χ0n) is 12.4. The molecule has 1 heterocycles. The fourth-order valence-electron chi connectivity index (χ4n) is 2.12. The molecule has 5 nitrogen and oxygen atoms in total. The van der Waals surface area contributed by atoms with Crippen LogP contribution in [0, 0.1) is 5.41 Å². The lowest BCUT2D eigenvalue weighted by Crippen LogP contribution is -2.44. The molecule has 1 rings (SSSR count). The molecule has 0 aromatic heterocycles. The van der Waals surface area contributed by atoms with Crippen molar-refractivity contribution < 1.29 is 14.6 Å². The molecule has 5 heteroatoms. The SMILES string of the molecule is CC(CC(=O)N1CCOCC1)NCC(C)(C)CCO. The second-order valence-electron chi connectivity index (χ2n) is 6.12. The standard InChI is InChI=1S/C14H28N2O3/c1-12(15-11-14(2,3)4-7-17)10-13(18)16-5-8-19-9-6-16/h12,15,17H,4-11H2,1-3H3. The van der Waals surface area contributed by atoms with Crippen molar-refractivity contribution in [2.24, 2.45) is 5.41 Å². The van der Waals surface area contributed by atoms with Crippen LogP contribution in [-0.2, 0) is 9.53 Å². The quantitative estimate of drug-likeness (QED) is 0.713. The first-order valence-corrected chi connectivity index (χ1v) is 7.14. The van der Waals surface area contributed by atoms with Crippen LogP contribution < -0.4 is 5.32 Å². The molecular formula is C14H28N2O3. The molecule has 1 fully saturated rings. The molecule has 1 atom stereocenters. The molecule has 1 aliphatic rings. The Morgan fingerprint density at radius 1 is 1.42 bits per heavy atom. The van der Waals surface area contributed by atoms with E-state index in [1.54, 1.807) is 0 Å². The van der Waals surface area contributed by atoms with Crippen LogP contribution in [0.25, 0.3) is 0 Å². The van der Waals surface area contributed by atoms with Crippen LogP contribution in [0.1, 0.15) is 33.6 Å². The van der Waals surface area contributed by atoms with Gasteiger partial charge in [0.25, 0.3) is 0 Å². The highest BCUT2D eigenvalue weighted by atomic mass is 16.5. The predicted octanol–water partition coefficient (Wildman–Crippen LogP) is 0.622. The van der Waals surface area contributed by atoms with Gasteiger partial charge < -0.3 is 20.1 Å². The van der Waals surface area contributed by atoms with Gasteiger partial charge in [0, 0.05) is 38.7 Å². The molecule has 0 bridgehead atoms. The number of carbonyl (C=O) groups excluding carboxylic acids is 1. The number of hydrogen-bond acceptors (Lipinski definition) is 4. The van der Waals surface area contributed by atoms with Crippen molar-refractivity contribution in [1.29, 1.82) is 0 Å². The Morgan fingerprint density at radius 2 is 2.05 bits per heavy atom. The van der Waals surface area contributed by atoms with Crippen LogP contribution in [0.4, 0.5) is 0 Å². The third-order valence-corrected chi connectivity index (χ3v) is 3.56. The Morgan fingerprint density at radius 3 is 2.63 bits per heavy atom. The Balaban J connectivity index is 2.26. The highest BCUT2D eigenvalue weighted by molar-refractivity contribution is 5.76. The molecule has 1 unspecified atom stereocenters. The number of nitrogens with zero attached hydrogens (tertiary/aromatic N) is 1. The predicted molar refractivity (Wildman–Crippen MR) is 75.0 cm³/mol. The van der Waals surface area contributed by atoms with E-state index < -0.39 is 0 Å². The summed E-state index contributed by atoms with van der Waals surface area (Å²) in [5.74, 6) is 0.197. The van der Waals surface area contributed by atoms with E-state index >= 15 is 0 Å². The third-order valence-electron chi connectivity index (χ3n) is 3.56. The van der Waals surface area contributed by atoms with E-state index in [-0.39, 0.29) is 24.0 Å². The van der Waals surface area contributed by atoms with Gasteiger partial charge in [-0.3, -0.25) is 4.79 Å². The van der Waals surface area contributed by atoms with Gasteiger partial charge in [-0.1, -0.05) is 13.8 Å². The van der Waals surface area contributed by atoms with Gasteiger partial charge in [-0.25, -0.2) is 0 Å². The number of ether oxygens (including phenoxy) is 1. The minimum atomic E-state index is 0.0605. The zero-order valence-corrected chi connectivity index (χ0v) is 12.4. The molecule has 0 radical (unpaired) electrons. The molecule has 1 amide bonds. The van der Waals surface area contributed by atoms with Crippen LogP contribution >= 0.6 is 0 Å². The average molecular weight is 272 g/mol. The second kappa shape index (κ2) is 7.82. The Kier molecular flexibility index (Phi) is 6.75. The molecule has 0 aromatic carbocycles. The van der Waals surface area contributed by atoms with Gasteiger partial charge in [-0.2, -0.15) is 0 Å². The van der Waals surface area contributed by atoms with Crippen molar-refractivity contribution in [2.75, 3.05) is 39.5 Å². The van der Waals surface area contributed by atoms with E-state index in [0.29, 0.717) is 32.7 Å². The summed E-state index contributed by atoms with van der Waals surface area (Å²) in [4.78, 5) is 13.9. The molecule has 1 saturated heterocycles. The van der Waals surface area contributed by atoms with E-state index in [9.17, 15) is 4.79 Å². The summed E-state index contributed by atoms with van der Waals surface area (Å²) in [7, 11) is 0. The fourth-order valence-corrected chi connectivity index (χ4v) is 2.12. The van der Waals surface area contributed by atoms with Crippen LogP contribution in [0.15, 0.2) is 0 Å². The lowest BCUT2D eigenvalue weighted by Gasteiger charge is -2.29. The Bertz CT molecular complexity index is 276. The van der Waals surface area contributed by atoms with Crippen molar-refractivity contribution in [3.05, 3.63) is 0 Å². The molecule has 0 spiro atoms. The zero-order chi connectivity index (χ0) is 14.3. The smallest absolute Gasteiger partial charge is 0.224 e. The molecule has 19 heavy (non-hydrogen) atoms. The number of aliphatic hydroxyl groups excluding tert-OH is 1. The van der Waals surface area contributed by atoms with Gasteiger partial charge in [0.15, 0.2) is 0 Å². The largest absolute Gasteiger partial charge is 0.396 e. The number of hydrogen-bond donors (Lipinski definition) is 2. The normalized spacial score (nSPS) is 18.4. The molecule has 1 aliphatic heterocycles. The molecule has 112 valence electrons. The van der Waals surface area contributed by atoms with Crippen LogP contribution in [-0.4, -0.2) is 61.4 Å². The first kappa shape index (κ1) is 16.4. The van der Waals surface area contributed by atoms with Gasteiger partial charge in [0.1, 0.15) is 0 Å². The summed E-state index contributed by atoms with van der Waals surface area (Å²) in [6.07, 6.45) is 1.29. The minimum Gasteiger partial charge on any atom is -0.396 e. The summed E-state index contributed by atoms with van der Waals surface area (Å²) in [5, 5.41) is 12.4. The second-order valence-corrected chi connectivity index (χ2v) is 6.12.